The van der Waals surface area contributed by atoms with Gasteiger partial charge in [0.2, 0.25) is 0 Å². The van der Waals surface area contributed by atoms with Crippen molar-refractivity contribution in [2.24, 2.45) is 0 Å². The minimum atomic E-state index is 0.841. The molecule has 1 rings (SSSR count). The number of nitrogens with one attached hydrogen (secondary N) is 1. The summed E-state index contributed by atoms with van der Waals surface area (Å²) in [6, 6.07) is 0. The second kappa shape index (κ2) is 4.74. The van der Waals surface area contributed by atoms with Crippen LogP contribution in [0, 0.1) is 10.5 Å². The first-order chi connectivity index (χ1) is 6.19. The van der Waals surface area contributed by atoms with Crippen molar-refractivity contribution in [2.75, 3.05) is 12.4 Å². The van der Waals surface area contributed by atoms with Crippen molar-refractivity contribution in [2.45, 2.75) is 26.7 Å². The molecule has 1 aromatic rings. The van der Waals surface area contributed by atoms with E-state index in [0.717, 1.165) is 33.7 Å². The largest absolute Gasteiger partial charge is 0.372 e. The first-order valence-corrected chi connectivity index (χ1v) is 5.47. The molecule has 0 amide bonds. The fraction of sp³-hybridized carbons (Fsp3) is 0.556. The van der Waals surface area contributed by atoms with Gasteiger partial charge in [-0.1, -0.05) is 13.3 Å². The van der Waals surface area contributed by atoms with E-state index in [-0.39, 0.29) is 0 Å². The molecule has 0 unspecified atom stereocenters. The molecule has 1 N–H and O–H groups in total. The van der Waals surface area contributed by atoms with Crippen molar-refractivity contribution in [3.05, 3.63) is 15.1 Å². The van der Waals surface area contributed by atoms with Gasteiger partial charge in [-0.25, -0.2) is 9.97 Å². The lowest BCUT2D eigenvalue weighted by Crippen LogP contribution is -2.05. The van der Waals surface area contributed by atoms with Gasteiger partial charge in [0.25, 0.3) is 0 Å². The van der Waals surface area contributed by atoms with Crippen molar-refractivity contribution in [1.29, 1.82) is 0 Å². The standard InChI is InChI=1S/C9H14IN3/c1-4-5-7-8(10)9(11-3)13-6(2)12-7/h4-5H2,1-3H3,(H,11,12,13). The van der Waals surface area contributed by atoms with E-state index >= 15 is 0 Å². The SMILES string of the molecule is CCCc1nc(C)nc(NC)c1I. The summed E-state index contributed by atoms with van der Waals surface area (Å²) in [5.41, 5.74) is 1.15. The van der Waals surface area contributed by atoms with Gasteiger partial charge in [0.1, 0.15) is 11.6 Å². The summed E-state index contributed by atoms with van der Waals surface area (Å²) in [5.74, 6) is 1.78. The molecule has 0 spiro atoms. The highest BCUT2D eigenvalue weighted by atomic mass is 127. The zero-order valence-corrected chi connectivity index (χ0v) is 10.3. The molecule has 3 nitrogen and oxygen atoms in total. The van der Waals surface area contributed by atoms with Gasteiger partial charge in [-0.2, -0.15) is 0 Å². The molecule has 4 heteroatoms. The Morgan fingerprint density at radius 1 is 1.38 bits per heavy atom. The van der Waals surface area contributed by atoms with E-state index < -0.39 is 0 Å². The van der Waals surface area contributed by atoms with E-state index in [1.165, 1.54) is 0 Å². The maximum Gasteiger partial charge on any atom is 0.143 e. The quantitative estimate of drug-likeness (QED) is 0.869. The van der Waals surface area contributed by atoms with Crippen LogP contribution in [-0.4, -0.2) is 17.0 Å². The molecule has 1 aromatic heterocycles. The summed E-state index contributed by atoms with van der Waals surface area (Å²) in [7, 11) is 1.89. The molecule has 0 atom stereocenters. The fourth-order valence-corrected chi connectivity index (χ4v) is 1.97. The highest BCUT2D eigenvalue weighted by Crippen LogP contribution is 2.19. The number of anilines is 1. The van der Waals surface area contributed by atoms with E-state index in [9.17, 15) is 0 Å². The molecular weight excluding hydrogens is 277 g/mol. The Hall–Kier alpha value is -0.390. The maximum absolute atomic E-state index is 4.41. The Bertz CT molecular complexity index is 299. The molecule has 0 fully saturated rings. The minimum absolute atomic E-state index is 0.841. The summed E-state index contributed by atoms with van der Waals surface area (Å²) >= 11 is 2.29. The van der Waals surface area contributed by atoms with Crippen LogP contribution in [0.1, 0.15) is 24.9 Å². The van der Waals surface area contributed by atoms with Crippen molar-refractivity contribution in [1.82, 2.24) is 9.97 Å². The highest BCUT2D eigenvalue weighted by molar-refractivity contribution is 14.1. The molecule has 1 heterocycles. The van der Waals surface area contributed by atoms with Crippen molar-refractivity contribution in [3.8, 4) is 0 Å². The second-order valence-corrected chi connectivity index (χ2v) is 3.96. The van der Waals surface area contributed by atoms with E-state index in [1.807, 2.05) is 14.0 Å². The normalized spacial score (nSPS) is 10.2. The Labute approximate surface area is 92.5 Å². The predicted octanol–water partition coefficient (Wildman–Crippen LogP) is 2.38. The van der Waals surface area contributed by atoms with Crippen molar-refractivity contribution in [3.63, 3.8) is 0 Å². The van der Waals surface area contributed by atoms with E-state index in [2.05, 4.69) is 44.8 Å². The van der Waals surface area contributed by atoms with Crippen LogP contribution in [0.15, 0.2) is 0 Å². The Morgan fingerprint density at radius 2 is 2.08 bits per heavy atom. The molecular formula is C9H14IN3. The zero-order chi connectivity index (χ0) is 9.84. The molecule has 0 saturated carbocycles. The molecule has 0 aliphatic carbocycles. The number of halogens is 1. The van der Waals surface area contributed by atoms with Crippen LogP contribution in [0.4, 0.5) is 5.82 Å². The third-order valence-corrected chi connectivity index (χ3v) is 2.89. The highest BCUT2D eigenvalue weighted by Gasteiger charge is 2.07. The van der Waals surface area contributed by atoms with Crippen LogP contribution < -0.4 is 5.32 Å². The molecule has 0 aliphatic heterocycles. The van der Waals surface area contributed by atoms with E-state index in [4.69, 9.17) is 0 Å². The van der Waals surface area contributed by atoms with Crippen LogP contribution in [0.3, 0.4) is 0 Å². The maximum atomic E-state index is 4.41. The Kier molecular flexibility index (Phi) is 3.90. The van der Waals surface area contributed by atoms with Gasteiger partial charge in [-0.05, 0) is 35.9 Å². The number of hydrogen-bond donors (Lipinski definition) is 1. The molecule has 0 radical (unpaired) electrons. The van der Waals surface area contributed by atoms with E-state index in [0.29, 0.717) is 0 Å². The van der Waals surface area contributed by atoms with Crippen LogP contribution in [0.2, 0.25) is 0 Å². The first kappa shape index (κ1) is 10.7. The van der Waals surface area contributed by atoms with Gasteiger partial charge in [0.05, 0.1) is 9.26 Å². The summed E-state index contributed by atoms with van der Waals surface area (Å²) in [6.45, 7) is 4.09. The summed E-state index contributed by atoms with van der Waals surface area (Å²) < 4.78 is 1.15. The number of aromatic nitrogens is 2. The molecule has 0 saturated heterocycles. The van der Waals surface area contributed by atoms with Gasteiger partial charge in [-0.3, -0.25) is 0 Å². The van der Waals surface area contributed by atoms with Gasteiger partial charge < -0.3 is 5.32 Å². The molecule has 0 bridgehead atoms. The van der Waals surface area contributed by atoms with Crippen molar-refractivity contribution >= 4 is 28.4 Å². The first-order valence-electron chi connectivity index (χ1n) is 4.39. The Morgan fingerprint density at radius 3 is 2.62 bits per heavy atom. The lowest BCUT2D eigenvalue weighted by Gasteiger charge is -2.08. The van der Waals surface area contributed by atoms with E-state index in [1.54, 1.807) is 0 Å². The number of aryl methyl sites for hydroxylation is 2. The van der Waals surface area contributed by atoms with Crippen LogP contribution in [0.25, 0.3) is 0 Å². The Balaban J connectivity index is 3.11. The summed E-state index contributed by atoms with van der Waals surface area (Å²) in [4.78, 5) is 8.72. The monoisotopic (exact) mass is 291 g/mol. The average Bonchev–Trinajstić information content (AvgIpc) is 2.11. The fourth-order valence-electron chi connectivity index (χ4n) is 1.19. The number of hydrogen-bond acceptors (Lipinski definition) is 3. The molecule has 13 heavy (non-hydrogen) atoms. The van der Waals surface area contributed by atoms with Gasteiger partial charge >= 0.3 is 0 Å². The smallest absolute Gasteiger partial charge is 0.143 e. The average molecular weight is 291 g/mol. The zero-order valence-electron chi connectivity index (χ0n) is 8.19. The lowest BCUT2D eigenvalue weighted by molar-refractivity contribution is 0.849. The predicted molar refractivity (Wildman–Crippen MR) is 63.0 cm³/mol. The molecule has 72 valence electrons. The number of nitrogens with zero attached hydrogens (tertiary/aromatic N) is 2. The number of rotatable bonds is 3. The summed E-state index contributed by atoms with van der Waals surface area (Å²) in [5, 5.41) is 3.08. The van der Waals surface area contributed by atoms with Crippen LogP contribution >= 0.6 is 22.6 Å². The van der Waals surface area contributed by atoms with Crippen LogP contribution in [-0.2, 0) is 6.42 Å². The third-order valence-electron chi connectivity index (χ3n) is 1.76. The second-order valence-electron chi connectivity index (χ2n) is 2.88. The summed E-state index contributed by atoms with van der Waals surface area (Å²) in [6.07, 6.45) is 2.14. The van der Waals surface area contributed by atoms with Gasteiger partial charge in [0, 0.05) is 7.05 Å². The van der Waals surface area contributed by atoms with Gasteiger partial charge in [-0.15, -0.1) is 0 Å². The van der Waals surface area contributed by atoms with Crippen LogP contribution in [0.5, 0.6) is 0 Å². The molecule has 0 aliphatic rings. The topological polar surface area (TPSA) is 37.8 Å². The van der Waals surface area contributed by atoms with Crippen molar-refractivity contribution < 1.29 is 0 Å². The lowest BCUT2D eigenvalue weighted by atomic mass is 10.2. The minimum Gasteiger partial charge on any atom is -0.372 e. The molecule has 0 aromatic carbocycles. The third kappa shape index (κ3) is 2.52. The van der Waals surface area contributed by atoms with Gasteiger partial charge in [0.15, 0.2) is 0 Å².